The van der Waals surface area contributed by atoms with Crippen molar-refractivity contribution in [3.8, 4) is 16.9 Å². The number of methoxy groups -OCH3 is 1. The van der Waals surface area contributed by atoms with Gasteiger partial charge in [-0.3, -0.25) is 9.59 Å². The maximum absolute atomic E-state index is 12.3. The number of H-pyrrole nitrogens is 1. The molecule has 0 saturated heterocycles. The highest BCUT2D eigenvalue weighted by Crippen LogP contribution is 2.32. The van der Waals surface area contributed by atoms with Gasteiger partial charge in [-0.15, -0.1) is 0 Å². The lowest BCUT2D eigenvalue weighted by Gasteiger charge is -2.22. The number of anilines is 3. The summed E-state index contributed by atoms with van der Waals surface area (Å²) in [6.07, 6.45) is 4.63. The van der Waals surface area contributed by atoms with Crippen molar-refractivity contribution in [2.75, 3.05) is 23.9 Å². The predicted octanol–water partition coefficient (Wildman–Crippen LogP) is 4.58. The van der Waals surface area contributed by atoms with E-state index in [0.717, 1.165) is 22.0 Å². The number of nitrogens with zero attached hydrogens (tertiary/aromatic N) is 3. The third kappa shape index (κ3) is 4.38. The highest BCUT2D eigenvalue weighted by Gasteiger charge is 2.17. The maximum atomic E-state index is 12.3. The Hall–Kier alpha value is -4.46. The third-order valence-corrected chi connectivity index (χ3v) is 5.52. The minimum Gasteiger partial charge on any atom is -0.495 e. The van der Waals surface area contributed by atoms with Crippen LogP contribution >= 0.6 is 0 Å². The molecule has 0 spiro atoms. The molecule has 2 heterocycles. The Morgan fingerprint density at radius 3 is 2.76 bits per heavy atom. The number of rotatable bonds is 7. The van der Waals surface area contributed by atoms with E-state index in [0.29, 0.717) is 35.2 Å². The molecule has 34 heavy (non-hydrogen) atoms. The Kier molecular flexibility index (Phi) is 6.40. The maximum Gasteiger partial charge on any atom is 0.256 e. The van der Waals surface area contributed by atoms with Gasteiger partial charge in [-0.2, -0.15) is 0 Å². The number of likely N-dealkylation sites (N-methyl/N-ethyl adjacent to an activating group) is 1. The second-order valence-electron chi connectivity index (χ2n) is 7.63. The number of amides is 1. The fraction of sp³-hybridized carbons (Fsp3) is 0.154. The average Bonchev–Trinajstić information content (AvgIpc) is 2.84. The first-order chi connectivity index (χ1) is 16.4. The van der Waals surface area contributed by atoms with E-state index in [1.807, 2.05) is 50.2 Å². The van der Waals surface area contributed by atoms with Crippen LogP contribution in [0, 0.1) is 6.92 Å². The number of hydrogen-bond donors (Lipinski definition) is 2. The number of carbonyl (C=O) groups excluding carboxylic acids is 1. The smallest absolute Gasteiger partial charge is 0.256 e. The average molecular weight is 456 g/mol. The Balaban J connectivity index is 1.66. The van der Waals surface area contributed by atoms with Crippen LogP contribution in [0.3, 0.4) is 0 Å². The fourth-order valence-electron chi connectivity index (χ4n) is 3.85. The molecule has 2 N–H and O–H groups in total. The summed E-state index contributed by atoms with van der Waals surface area (Å²) in [4.78, 5) is 37.9. The number of benzene rings is 2. The minimum absolute atomic E-state index is 0.134. The second kappa shape index (κ2) is 9.58. The van der Waals surface area contributed by atoms with E-state index in [9.17, 15) is 9.59 Å². The van der Waals surface area contributed by atoms with E-state index < -0.39 is 0 Å². The number of aromatic nitrogens is 3. The molecule has 4 aromatic rings. The van der Waals surface area contributed by atoms with Crippen LogP contribution in [-0.2, 0) is 4.79 Å². The topological polar surface area (TPSA) is 100 Å². The van der Waals surface area contributed by atoms with Gasteiger partial charge in [-0.25, -0.2) is 9.97 Å². The van der Waals surface area contributed by atoms with Crippen LogP contribution in [0.15, 0.2) is 72.3 Å². The third-order valence-electron chi connectivity index (χ3n) is 5.52. The van der Waals surface area contributed by atoms with Crippen LogP contribution in [0.2, 0.25) is 0 Å². The zero-order chi connectivity index (χ0) is 24.2. The number of fused-ring (bicyclic) bond motifs is 1. The molecule has 172 valence electrons. The largest absolute Gasteiger partial charge is 0.495 e. The number of hydrogen-bond acceptors (Lipinski definition) is 6. The first kappa shape index (κ1) is 22.7. The molecule has 2 aromatic heterocycles. The first-order valence-corrected chi connectivity index (χ1v) is 10.8. The molecule has 0 radical (unpaired) electrons. The first-order valence-electron chi connectivity index (χ1n) is 10.8. The molecular formula is C26H25N5O3. The van der Waals surface area contributed by atoms with Crippen LogP contribution in [-0.4, -0.2) is 34.5 Å². The number of aryl methyl sites for hydroxylation is 1. The van der Waals surface area contributed by atoms with E-state index >= 15 is 0 Å². The van der Waals surface area contributed by atoms with Crippen LogP contribution in [0.4, 0.5) is 17.3 Å². The molecular weight excluding hydrogens is 430 g/mol. The van der Waals surface area contributed by atoms with E-state index in [4.69, 9.17) is 4.74 Å². The quantitative estimate of drug-likeness (QED) is 0.396. The summed E-state index contributed by atoms with van der Waals surface area (Å²) in [5, 5.41) is 4.01. The lowest BCUT2D eigenvalue weighted by atomic mass is 10.0. The van der Waals surface area contributed by atoms with Crippen molar-refractivity contribution in [2.45, 2.75) is 13.8 Å². The zero-order valence-electron chi connectivity index (χ0n) is 19.3. The summed E-state index contributed by atoms with van der Waals surface area (Å²) in [5.74, 6) is 0.757. The predicted molar refractivity (Wildman–Crippen MR) is 135 cm³/mol. The highest BCUT2D eigenvalue weighted by molar-refractivity contribution is 6.02. The van der Waals surface area contributed by atoms with Gasteiger partial charge in [0.25, 0.3) is 5.56 Å². The summed E-state index contributed by atoms with van der Waals surface area (Å²) < 4.78 is 5.44. The Bertz CT molecular complexity index is 1440. The van der Waals surface area contributed by atoms with Gasteiger partial charge in [0.1, 0.15) is 5.75 Å². The van der Waals surface area contributed by atoms with Gasteiger partial charge in [-0.05, 0) is 67.4 Å². The molecule has 4 rings (SSSR count). The normalized spacial score (nSPS) is 10.7. The van der Waals surface area contributed by atoms with Crippen molar-refractivity contribution in [3.05, 3.63) is 83.4 Å². The molecule has 0 bridgehead atoms. The molecule has 8 nitrogen and oxygen atoms in total. The van der Waals surface area contributed by atoms with Crippen molar-refractivity contribution in [1.82, 2.24) is 15.0 Å². The molecule has 0 unspecified atom stereocenters. The van der Waals surface area contributed by atoms with Crippen molar-refractivity contribution >= 4 is 34.1 Å². The van der Waals surface area contributed by atoms with Crippen molar-refractivity contribution in [2.24, 2.45) is 0 Å². The minimum atomic E-state index is -0.219. The molecule has 0 atom stereocenters. The van der Waals surface area contributed by atoms with Gasteiger partial charge in [-0.1, -0.05) is 12.6 Å². The lowest BCUT2D eigenvalue weighted by Crippen LogP contribution is -2.29. The molecule has 2 aromatic carbocycles. The molecule has 1 amide bonds. The SMILES string of the molecule is C=CC(=O)N(CC)c1cc(Nc2ncc3cc(-c4c(C)cc[nH]c4=O)ccc3n2)ccc1OC. The Morgan fingerprint density at radius 1 is 1.24 bits per heavy atom. The zero-order valence-corrected chi connectivity index (χ0v) is 19.3. The van der Waals surface area contributed by atoms with Gasteiger partial charge >= 0.3 is 0 Å². The van der Waals surface area contributed by atoms with E-state index in [1.165, 1.54) is 6.08 Å². The van der Waals surface area contributed by atoms with Crippen molar-refractivity contribution in [1.29, 1.82) is 0 Å². The standard InChI is InChI=1S/C26H25N5O3/c1-5-23(32)31(6-2)21-14-19(8-10-22(21)34-4)29-26-28-15-18-13-17(7-9-20(18)30-26)24-16(3)11-12-27-25(24)33/h5,7-15H,1,6H2,2-4H3,(H,27,33)(H,28,29,30). The van der Waals surface area contributed by atoms with Crippen LogP contribution in [0.5, 0.6) is 5.75 Å². The van der Waals surface area contributed by atoms with Crippen LogP contribution in [0.1, 0.15) is 12.5 Å². The number of nitrogens with one attached hydrogen (secondary N) is 2. The molecule has 8 heteroatoms. The Morgan fingerprint density at radius 2 is 2.06 bits per heavy atom. The van der Waals surface area contributed by atoms with Crippen LogP contribution in [0.25, 0.3) is 22.0 Å². The molecule has 0 saturated carbocycles. The number of pyridine rings is 1. The molecule has 0 fully saturated rings. The number of ether oxygens (including phenoxy) is 1. The van der Waals surface area contributed by atoms with Gasteiger partial charge in [0, 0.05) is 35.6 Å². The molecule has 0 aliphatic rings. The summed E-state index contributed by atoms with van der Waals surface area (Å²) in [5.41, 5.74) is 4.26. The van der Waals surface area contributed by atoms with Gasteiger partial charge in [0.2, 0.25) is 11.9 Å². The van der Waals surface area contributed by atoms with Gasteiger partial charge < -0.3 is 19.9 Å². The van der Waals surface area contributed by atoms with E-state index in [1.54, 1.807) is 30.5 Å². The summed E-state index contributed by atoms with van der Waals surface area (Å²) in [6, 6.07) is 12.9. The van der Waals surface area contributed by atoms with Crippen molar-refractivity contribution < 1.29 is 9.53 Å². The van der Waals surface area contributed by atoms with Crippen molar-refractivity contribution in [3.63, 3.8) is 0 Å². The Labute approximate surface area is 196 Å². The highest BCUT2D eigenvalue weighted by atomic mass is 16.5. The van der Waals surface area contributed by atoms with E-state index in [2.05, 4.69) is 26.8 Å². The number of carbonyl (C=O) groups is 1. The summed E-state index contributed by atoms with van der Waals surface area (Å²) >= 11 is 0. The monoisotopic (exact) mass is 455 g/mol. The lowest BCUT2D eigenvalue weighted by molar-refractivity contribution is -0.114. The van der Waals surface area contributed by atoms with Gasteiger partial charge in [0.05, 0.1) is 18.3 Å². The molecule has 0 aliphatic carbocycles. The number of aromatic amines is 1. The second-order valence-corrected chi connectivity index (χ2v) is 7.63. The van der Waals surface area contributed by atoms with Gasteiger partial charge in [0.15, 0.2) is 0 Å². The van der Waals surface area contributed by atoms with Crippen LogP contribution < -0.4 is 20.5 Å². The molecule has 0 aliphatic heterocycles. The van der Waals surface area contributed by atoms with E-state index in [-0.39, 0.29) is 11.5 Å². The summed E-state index contributed by atoms with van der Waals surface area (Å²) in [7, 11) is 1.56. The summed E-state index contributed by atoms with van der Waals surface area (Å²) in [6.45, 7) is 7.83. The fourth-order valence-corrected chi connectivity index (χ4v) is 3.85.